The van der Waals surface area contributed by atoms with Crippen molar-refractivity contribution < 1.29 is 68.6 Å². The molecule has 0 bridgehead atoms. The van der Waals surface area contributed by atoms with Crippen molar-refractivity contribution in [1.82, 2.24) is 24.2 Å². The molecule has 7 N–H and O–H groups in total. The van der Waals surface area contributed by atoms with Crippen molar-refractivity contribution in [2.24, 2.45) is 0 Å². The van der Waals surface area contributed by atoms with Gasteiger partial charge in [0.25, 0.3) is 41.7 Å². The van der Waals surface area contributed by atoms with Gasteiger partial charge in [0.15, 0.2) is 17.7 Å². The number of H-pyrrole nitrogens is 1. The number of nitrogens with one attached hydrogen (secondary N) is 2. The van der Waals surface area contributed by atoms with Crippen LogP contribution in [0.3, 0.4) is 0 Å². The topological polar surface area (TPSA) is 345 Å². The number of pyridine rings is 1. The molecule has 6 aromatic rings. The number of carbonyl (C=O) groups excluding carboxylic acids is 3. The Morgan fingerprint density at radius 3 is 1.97 bits per heavy atom. The van der Waals surface area contributed by atoms with E-state index in [4.69, 9.17) is 5.11 Å². The number of aliphatic hydroxyl groups is 3. The summed E-state index contributed by atoms with van der Waals surface area (Å²) in [7, 11) is -13.5. The van der Waals surface area contributed by atoms with Gasteiger partial charge in [-0.05, 0) is 61.9 Å². The van der Waals surface area contributed by atoms with Gasteiger partial charge < -0.3 is 20.6 Å². The molecule has 1 amide bonds. The Balaban J connectivity index is 1.02. The third-order valence-electron chi connectivity index (χ3n) is 11.5. The zero-order valence-corrected chi connectivity index (χ0v) is 40.7. The van der Waals surface area contributed by atoms with E-state index in [0.717, 1.165) is 6.20 Å². The van der Waals surface area contributed by atoms with Crippen LogP contribution in [0.5, 0.6) is 0 Å². The lowest BCUT2D eigenvalue weighted by Crippen LogP contribution is -2.41. The van der Waals surface area contributed by atoms with Gasteiger partial charge in [-0.2, -0.15) is 26.4 Å². The molecule has 22 nitrogen and oxygen atoms in total. The number of aromatic nitrogens is 5. The number of ketones is 2. The van der Waals surface area contributed by atoms with E-state index >= 15 is 0 Å². The number of amides is 1. The van der Waals surface area contributed by atoms with Crippen LogP contribution in [-0.2, 0) is 52.8 Å². The summed E-state index contributed by atoms with van der Waals surface area (Å²) in [6.45, 7) is -0.829. The van der Waals surface area contributed by atoms with E-state index in [1.54, 1.807) is 53.1 Å². The van der Waals surface area contributed by atoms with Gasteiger partial charge in [0.1, 0.15) is 23.8 Å². The van der Waals surface area contributed by atoms with Crippen LogP contribution in [-0.4, -0.2) is 129 Å². The molecule has 0 saturated carbocycles. The first-order chi connectivity index (χ1) is 33.7. The number of Topliss-reactive ketones (excluding diaryl/α,β-unsaturated/α-hetero) is 2. The summed E-state index contributed by atoms with van der Waals surface area (Å²) in [5, 5.41) is 32.4. The monoisotopic (exact) mass is 1040 g/mol. The van der Waals surface area contributed by atoms with E-state index in [9.17, 15) is 63.8 Å². The van der Waals surface area contributed by atoms with Crippen molar-refractivity contribution >= 4 is 86.7 Å². The molecule has 0 radical (unpaired) electrons. The number of hydrogen-bond donors (Lipinski definition) is 7. The summed E-state index contributed by atoms with van der Waals surface area (Å²) < 4.78 is 96.3. The van der Waals surface area contributed by atoms with Crippen LogP contribution in [0.25, 0.3) is 33.0 Å². The summed E-state index contributed by atoms with van der Waals surface area (Å²) in [5.41, 5.74) is 0.665. The fraction of sp³-hybridized carbons (Fsp3) is 0.391. The Morgan fingerprint density at radius 1 is 0.746 bits per heavy atom. The predicted octanol–water partition coefficient (Wildman–Crippen LogP) is 2.60. The number of nitrogens with zero attached hydrogens (tertiary/aromatic N) is 5. The van der Waals surface area contributed by atoms with Crippen LogP contribution in [0.1, 0.15) is 85.5 Å². The average Bonchev–Trinajstić information content (AvgIpc) is 3.32. The first-order valence-electron chi connectivity index (χ1n) is 22.6. The number of sulfonamides is 1. The second-order valence-electron chi connectivity index (χ2n) is 16.8. The molecule has 2 atom stereocenters. The van der Waals surface area contributed by atoms with Crippen LogP contribution in [0.15, 0.2) is 88.7 Å². The maximum absolute atomic E-state index is 14.7. The maximum atomic E-state index is 14.7. The second kappa shape index (κ2) is 23.8. The lowest BCUT2D eigenvalue weighted by Gasteiger charge is -2.24. The number of benzene rings is 3. The maximum Gasteiger partial charge on any atom is 0.280 e. The number of para-hydroxylation sites is 2. The van der Waals surface area contributed by atoms with Crippen molar-refractivity contribution in [3.05, 3.63) is 106 Å². The lowest BCUT2D eigenvalue weighted by molar-refractivity contribution is -0.645. The van der Waals surface area contributed by atoms with E-state index in [2.05, 4.69) is 25.3 Å². The van der Waals surface area contributed by atoms with Crippen molar-refractivity contribution in [3.63, 3.8) is 0 Å². The largest absolute Gasteiger partial charge is 0.394 e. The SMILES string of the molecule is O=C(CCCCCNc1nc2ncc([C@H](O)[C@H](O)CO)nc2c(=O)[nH]1)CC(=O)CCCc1ccc(S(=O)(=O)N(CCCS(=O)(=O)O)C(=O)c2c3ccccc3[n+](CCCS(=O)(=O)O)c3ccccc23)cc1. The third kappa shape index (κ3) is 14.5. The zero-order valence-electron chi connectivity index (χ0n) is 38.3. The molecular weight excluding hydrogens is 987 g/mol. The molecule has 0 spiro atoms. The standard InChI is InChI=1S/C46H53N7O15S3/c54-29-39(57)42(58)36-28-48-43-41(49-36)44(59)51-46(50-43)47-22-7-1-2-12-31(55)27-32(56)13-8-11-30-18-20-33(21-19-30)71(67,68)53(24-10-26-70(64,65)66)45(60)40-34-14-3-5-16-37(34)52(23-9-25-69(61,62)63)38-17-6-4-15-35(38)40/h3-6,14-21,28,39,42,54,57-58H,1-2,7-13,22-27,29H2,(H3-,47,48,50,51,59,61,62,63,64,65,66)/p+1/t39-,42+/m1/s1. The Hall–Kier alpha value is -6.19. The van der Waals surface area contributed by atoms with Crippen LogP contribution in [0, 0.1) is 0 Å². The molecular formula is C46H54N7O15S3+. The Labute approximate surface area is 408 Å². The molecule has 71 heavy (non-hydrogen) atoms. The average molecular weight is 1040 g/mol. The smallest absolute Gasteiger partial charge is 0.280 e. The molecule has 25 heteroatoms. The highest BCUT2D eigenvalue weighted by Crippen LogP contribution is 2.29. The van der Waals surface area contributed by atoms with Crippen molar-refractivity contribution in [2.75, 3.05) is 36.5 Å². The molecule has 6 rings (SSSR count). The van der Waals surface area contributed by atoms with Crippen LogP contribution < -0.4 is 15.4 Å². The summed E-state index contributed by atoms with van der Waals surface area (Å²) >= 11 is 0. The van der Waals surface area contributed by atoms with E-state index < -0.39 is 85.0 Å². The summed E-state index contributed by atoms with van der Waals surface area (Å²) in [5.74, 6) is -2.66. The van der Waals surface area contributed by atoms with Gasteiger partial charge in [-0.15, -0.1) is 0 Å². The second-order valence-corrected chi connectivity index (χ2v) is 21.8. The van der Waals surface area contributed by atoms with Crippen molar-refractivity contribution in [3.8, 4) is 0 Å². The fourth-order valence-electron chi connectivity index (χ4n) is 7.96. The summed E-state index contributed by atoms with van der Waals surface area (Å²) in [6, 6.07) is 18.9. The van der Waals surface area contributed by atoms with Crippen LogP contribution in [0.4, 0.5) is 5.95 Å². The Morgan fingerprint density at radius 2 is 1.35 bits per heavy atom. The number of aromatic amines is 1. The number of fused-ring (bicyclic) bond motifs is 3. The number of carbonyl (C=O) groups is 3. The van der Waals surface area contributed by atoms with Gasteiger partial charge in [0.05, 0.1) is 57.7 Å². The highest BCUT2D eigenvalue weighted by atomic mass is 32.2. The minimum absolute atomic E-state index is 0.00166. The molecule has 3 heterocycles. The van der Waals surface area contributed by atoms with Crippen molar-refractivity contribution in [1.29, 1.82) is 0 Å². The fourth-order valence-corrected chi connectivity index (χ4v) is 10.4. The quantitative estimate of drug-likeness (QED) is 0.0128. The number of anilines is 1. The number of unbranched alkanes of at least 4 members (excludes halogenated alkanes) is 2. The number of rotatable bonds is 27. The minimum atomic E-state index is -4.68. The molecule has 0 fully saturated rings. The molecule has 3 aromatic heterocycles. The molecule has 3 aromatic carbocycles. The van der Waals surface area contributed by atoms with Crippen molar-refractivity contribution in [2.45, 2.75) is 87.9 Å². The summed E-state index contributed by atoms with van der Waals surface area (Å²) in [4.78, 5) is 67.0. The lowest BCUT2D eigenvalue weighted by atomic mass is 10.0. The van der Waals surface area contributed by atoms with Gasteiger partial charge in [0, 0.05) is 44.5 Å². The third-order valence-corrected chi connectivity index (χ3v) is 14.9. The van der Waals surface area contributed by atoms with Gasteiger partial charge in [-0.1, -0.05) is 42.8 Å². The van der Waals surface area contributed by atoms with Gasteiger partial charge >= 0.3 is 0 Å². The molecule has 0 aliphatic rings. The van der Waals surface area contributed by atoms with Crippen LogP contribution >= 0.6 is 0 Å². The van der Waals surface area contributed by atoms with E-state index in [0.29, 0.717) is 70.3 Å². The molecule has 0 unspecified atom stereocenters. The molecule has 380 valence electrons. The van der Waals surface area contributed by atoms with E-state index in [1.807, 2.05) is 0 Å². The Bertz CT molecular complexity index is 3260. The van der Waals surface area contributed by atoms with Crippen LogP contribution in [0.2, 0.25) is 0 Å². The highest BCUT2D eigenvalue weighted by Gasteiger charge is 2.34. The number of aryl methyl sites for hydroxylation is 2. The predicted molar refractivity (Wildman–Crippen MR) is 259 cm³/mol. The summed E-state index contributed by atoms with van der Waals surface area (Å²) in [6.07, 6.45) is 0.199. The first kappa shape index (κ1) is 54.1. The van der Waals surface area contributed by atoms with Gasteiger partial charge in [-0.25, -0.2) is 22.7 Å². The number of aliphatic hydroxyl groups excluding tert-OH is 3. The molecule has 0 aliphatic heterocycles. The Kier molecular flexibility index (Phi) is 18.2. The first-order valence-corrected chi connectivity index (χ1v) is 27.2. The molecule has 0 aliphatic carbocycles. The number of hydrogen-bond acceptors (Lipinski definition) is 17. The van der Waals surface area contributed by atoms with E-state index in [-0.39, 0.29) is 77.1 Å². The molecule has 0 saturated heterocycles. The highest BCUT2D eigenvalue weighted by molar-refractivity contribution is 7.89. The zero-order chi connectivity index (χ0) is 51.5. The minimum Gasteiger partial charge on any atom is -0.394 e. The van der Waals surface area contributed by atoms with E-state index in [1.165, 1.54) is 24.3 Å². The normalized spacial score (nSPS) is 13.1. The van der Waals surface area contributed by atoms with Gasteiger partial charge in [0.2, 0.25) is 17.0 Å². The van der Waals surface area contributed by atoms with Gasteiger partial charge in [-0.3, -0.25) is 33.3 Å².